The summed E-state index contributed by atoms with van der Waals surface area (Å²) in [5.74, 6) is 0.666. The van der Waals surface area contributed by atoms with Crippen LogP contribution in [-0.2, 0) is 28.2 Å². The van der Waals surface area contributed by atoms with Crippen molar-refractivity contribution in [2.24, 2.45) is 11.8 Å². The summed E-state index contributed by atoms with van der Waals surface area (Å²) in [4.78, 5) is 15.3. The number of benzene rings is 2. The van der Waals surface area contributed by atoms with E-state index in [-0.39, 0.29) is 12.3 Å². The molecule has 0 unspecified atom stereocenters. The summed E-state index contributed by atoms with van der Waals surface area (Å²) in [6.45, 7) is 2.00. The van der Waals surface area contributed by atoms with Gasteiger partial charge in [-0.05, 0) is 111 Å². The minimum absolute atomic E-state index is 0.230. The number of halogens is 1. The summed E-state index contributed by atoms with van der Waals surface area (Å²) in [7, 11) is 1.33. The molecule has 1 aliphatic carbocycles. The van der Waals surface area contributed by atoms with Crippen LogP contribution < -0.4 is 9.64 Å². The Hall–Kier alpha value is -2.54. The number of esters is 1. The number of fused-ring (bicyclic) bond motifs is 3. The van der Waals surface area contributed by atoms with E-state index in [0.717, 1.165) is 86.5 Å². The molecule has 2 N–H and O–H groups in total. The highest BCUT2D eigenvalue weighted by Crippen LogP contribution is 2.42. The molecule has 40 heavy (non-hydrogen) atoms. The molecule has 6 nitrogen and oxygen atoms in total. The summed E-state index contributed by atoms with van der Waals surface area (Å²) in [6, 6.07) is 11.6. The second-order valence-electron chi connectivity index (χ2n) is 11.7. The van der Waals surface area contributed by atoms with Gasteiger partial charge in [0.05, 0.1) is 18.9 Å². The molecule has 1 saturated carbocycles. The lowest BCUT2D eigenvalue weighted by Gasteiger charge is -2.43. The number of methoxy groups -OCH3 is 1. The molecule has 2 aromatic carbocycles. The van der Waals surface area contributed by atoms with Crippen LogP contribution in [0.5, 0.6) is 5.75 Å². The smallest absolute Gasteiger partial charge is 0.342 e. The first-order chi connectivity index (χ1) is 19.4. The monoisotopic (exact) mass is 567 g/mol. The van der Waals surface area contributed by atoms with E-state index >= 15 is 0 Å². The first-order valence-electron chi connectivity index (χ1n) is 14.8. The van der Waals surface area contributed by atoms with Gasteiger partial charge in [-0.25, -0.2) is 4.79 Å². The first-order valence-corrected chi connectivity index (χ1v) is 15.2. The Morgan fingerprint density at radius 3 is 2.75 bits per heavy atom. The van der Waals surface area contributed by atoms with Gasteiger partial charge in [0.15, 0.2) is 5.60 Å². The third-order valence-electron chi connectivity index (χ3n) is 9.09. The Bertz CT molecular complexity index is 1220. The summed E-state index contributed by atoms with van der Waals surface area (Å²) < 4.78 is 11.6. The molecule has 0 amide bonds. The minimum Gasteiger partial charge on any atom is -0.487 e. The molecule has 0 saturated heterocycles. The van der Waals surface area contributed by atoms with Crippen molar-refractivity contribution in [1.29, 1.82) is 0 Å². The summed E-state index contributed by atoms with van der Waals surface area (Å²) >= 11 is 6.32. The Labute approximate surface area is 242 Å². The zero-order valence-electron chi connectivity index (χ0n) is 23.5. The van der Waals surface area contributed by atoms with Gasteiger partial charge in [-0.1, -0.05) is 42.3 Å². The van der Waals surface area contributed by atoms with Gasteiger partial charge in [-0.15, -0.1) is 0 Å². The molecule has 0 radical (unpaired) electrons. The summed E-state index contributed by atoms with van der Waals surface area (Å²) in [5.41, 5.74) is 2.00. The van der Waals surface area contributed by atoms with E-state index in [0.29, 0.717) is 24.5 Å². The molecule has 5 rings (SSSR count). The van der Waals surface area contributed by atoms with E-state index in [4.69, 9.17) is 21.1 Å². The van der Waals surface area contributed by atoms with Gasteiger partial charge in [0.2, 0.25) is 0 Å². The fourth-order valence-electron chi connectivity index (χ4n) is 6.48. The van der Waals surface area contributed by atoms with Gasteiger partial charge in [-0.3, -0.25) is 0 Å². The second kappa shape index (κ2) is 13.0. The van der Waals surface area contributed by atoms with Crippen molar-refractivity contribution >= 4 is 23.3 Å². The summed E-state index contributed by atoms with van der Waals surface area (Å²) in [5, 5.41) is 23.4. The zero-order valence-corrected chi connectivity index (χ0v) is 24.2. The maximum Gasteiger partial charge on any atom is 0.342 e. The lowest BCUT2D eigenvalue weighted by atomic mass is 9.70. The van der Waals surface area contributed by atoms with Gasteiger partial charge in [0.25, 0.3) is 0 Å². The van der Waals surface area contributed by atoms with Crippen molar-refractivity contribution in [3.63, 3.8) is 0 Å². The van der Waals surface area contributed by atoms with E-state index in [1.807, 2.05) is 36.4 Å². The first kappa shape index (κ1) is 29.0. The standard InChI is InChI=1S/C33H42ClNO5/c1-39-32(37)33(38)17-7-4-2-3-5-10-30(36)28-15-12-24(28)21-35-18-8-6-9-23-19-27(34)14-11-25(23)22-40-31-16-13-26(33)20-29(31)35/h5,10-11,13-14,16,19-20,24,28,30,36,38H,2-4,6-9,12,15,17-18,21-22H2,1H3/b10-5+/t24-,28+,30-,33-/m0/s1. The molecule has 216 valence electrons. The van der Waals surface area contributed by atoms with E-state index < -0.39 is 17.7 Å². The molecular formula is C33H42ClNO5. The number of ether oxygens (including phenoxy) is 2. The quantitative estimate of drug-likeness (QED) is 0.310. The Morgan fingerprint density at radius 1 is 1.07 bits per heavy atom. The van der Waals surface area contributed by atoms with Gasteiger partial charge < -0.3 is 24.6 Å². The number of hydrogen-bond acceptors (Lipinski definition) is 6. The van der Waals surface area contributed by atoms with E-state index in [2.05, 4.69) is 11.0 Å². The third kappa shape index (κ3) is 6.35. The Kier molecular flexibility index (Phi) is 9.39. The predicted octanol–water partition coefficient (Wildman–Crippen LogP) is 6.33. The topological polar surface area (TPSA) is 79.2 Å². The second-order valence-corrected chi connectivity index (χ2v) is 12.1. The van der Waals surface area contributed by atoms with Crippen molar-refractivity contribution in [3.05, 3.63) is 70.3 Å². The highest BCUT2D eigenvalue weighted by atomic mass is 35.5. The van der Waals surface area contributed by atoms with E-state index in [1.165, 1.54) is 12.7 Å². The highest BCUT2D eigenvalue weighted by Gasteiger charge is 2.40. The zero-order chi connectivity index (χ0) is 28.1. The molecular weight excluding hydrogens is 526 g/mol. The lowest BCUT2D eigenvalue weighted by molar-refractivity contribution is -0.164. The number of aliphatic hydroxyl groups is 2. The molecule has 1 fully saturated rings. The Balaban J connectivity index is 1.55. The summed E-state index contributed by atoms with van der Waals surface area (Å²) in [6.07, 6.45) is 12.3. The maximum atomic E-state index is 13.0. The van der Waals surface area contributed by atoms with Crippen LogP contribution in [0.1, 0.15) is 74.5 Å². The van der Waals surface area contributed by atoms with E-state index in [1.54, 1.807) is 6.07 Å². The molecule has 0 spiro atoms. The molecule has 4 atom stereocenters. The van der Waals surface area contributed by atoms with Crippen LogP contribution in [0.4, 0.5) is 5.69 Å². The van der Waals surface area contributed by atoms with Crippen molar-refractivity contribution in [2.75, 3.05) is 25.1 Å². The molecule has 2 bridgehead atoms. The van der Waals surface area contributed by atoms with Crippen LogP contribution in [0.2, 0.25) is 5.02 Å². The largest absolute Gasteiger partial charge is 0.487 e. The number of rotatable bonds is 1. The molecule has 0 aromatic heterocycles. The normalized spacial score (nSPS) is 28.5. The average Bonchev–Trinajstić information content (AvgIpc) is 2.96. The predicted molar refractivity (Wildman–Crippen MR) is 158 cm³/mol. The number of aryl methyl sites for hydroxylation is 1. The van der Waals surface area contributed by atoms with Crippen LogP contribution in [0.3, 0.4) is 0 Å². The number of carbonyl (C=O) groups is 1. The lowest BCUT2D eigenvalue weighted by Crippen LogP contribution is -2.43. The fraction of sp³-hybridized carbons (Fsp3) is 0.545. The van der Waals surface area contributed by atoms with Gasteiger partial charge >= 0.3 is 5.97 Å². The van der Waals surface area contributed by atoms with Crippen molar-refractivity contribution in [2.45, 2.75) is 82.5 Å². The minimum atomic E-state index is -1.73. The Morgan fingerprint density at radius 2 is 1.95 bits per heavy atom. The van der Waals surface area contributed by atoms with Gasteiger partial charge in [0.1, 0.15) is 12.4 Å². The molecule has 3 aliphatic rings. The maximum absolute atomic E-state index is 13.0. The SMILES string of the molecule is COC(=O)[C@]1(O)CCCCC/C=C/[C@H](O)[C@@H]2CC[C@H]2CN2CCCCc3cc(Cl)ccc3COc3ccc1cc32. The van der Waals surface area contributed by atoms with Crippen molar-refractivity contribution < 1.29 is 24.5 Å². The van der Waals surface area contributed by atoms with Crippen LogP contribution in [0.15, 0.2) is 48.6 Å². The number of anilines is 1. The average molecular weight is 568 g/mol. The molecule has 7 heteroatoms. The fourth-order valence-corrected chi connectivity index (χ4v) is 6.68. The van der Waals surface area contributed by atoms with Crippen LogP contribution >= 0.6 is 11.6 Å². The van der Waals surface area contributed by atoms with Gasteiger partial charge in [0, 0.05) is 18.1 Å². The molecule has 2 aromatic rings. The van der Waals surface area contributed by atoms with Crippen molar-refractivity contribution in [1.82, 2.24) is 0 Å². The molecule has 2 aliphatic heterocycles. The molecule has 2 heterocycles. The van der Waals surface area contributed by atoms with Crippen LogP contribution in [0, 0.1) is 11.8 Å². The van der Waals surface area contributed by atoms with E-state index in [9.17, 15) is 15.0 Å². The number of allylic oxidation sites excluding steroid dienone is 1. The third-order valence-corrected chi connectivity index (χ3v) is 9.32. The van der Waals surface area contributed by atoms with Crippen molar-refractivity contribution in [3.8, 4) is 5.75 Å². The number of aliphatic hydroxyl groups excluding tert-OH is 1. The highest BCUT2D eigenvalue weighted by molar-refractivity contribution is 6.30. The van der Waals surface area contributed by atoms with Gasteiger partial charge in [-0.2, -0.15) is 0 Å². The number of carbonyl (C=O) groups excluding carboxylic acids is 1. The number of hydrogen-bond donors (Lipinski definition) is 2. The van der Waals surface area contributed by atoms with Crippen LogP contribution in [0.25, 0.3) is 0 Å². The number of nitrogens with zero attached hydrogens (tertiary/aromatic N) is 1. The van der Waals surface area contributed by atoms with Crippen LogP contribution in [-0.4, -0.2) is 42.5 Å².